The Hall–Kier alpha value is -3.85. The van der Waals surface area contributed by atoms with Gasteiger partial charge in [-0.25, -0.2) is 4.98 Å². The highest BCUT2D eigenvalue weighted by atomic mass is 33.1. The molecule has 0 aliphatic carbocycles. The minimum absolute atomic E-state index is 0.0570. The van der Waals surface area contributed by atoms with Crippen molar-refractivity contribution in [3.8, 4) is 17.1 Å². The van der Waals surface area contributed by atoms with E-state index in [-0.39, 0.29) is 55.0 Å². The fraction of sp³-hybridized carbons (Fsp3) is 0.406. The van der Waals surface area contributed by atoms with E-state index in [4.69, 9.17) is 19.2 Å². The number of nitrogens with one attached hydrogen (secondary N) is 2. The molecule has 14 heteroatoms. The van der Waals surface area contributed by atoms with E-state index in [1.54, 1.807) is 29.9 Å². The second-order valence-corrected chi connectivity index (χ2v) is 13.4. The van der Waals surface area contributed by atoms with Gasteiger partial charge in [-0.2, -0.15) is 0 Å². The monoisotopic (exact) mass is 668 g/mol. The number of esters is 1. The number of carbonyl (C=O) groups excluding carboxylic acids is 3. The van der Waals surface area contributed by atoms with Gasteiger partial charge in [0.15, 0.2) is 0 Å². The van der Waals surface area contributed by atoms with E-state index in [1.807, 2.05) is 19.1 Å². The Morgan fingerprint density at radius 3 is 2.67 bits per heavy atom. The van der Waals surface area contributed by atoms with E-state index >= 15 is 0 Å². The van der Waals surface area contributed by atoms with Crippen LogP contribution in [0, 0.1) is 0 Å². The van der Waals surface area contributed by atoms with Gasteiger partial charge in [-0.1, -0.05) is 35.1 Å². The van der Waals surface area contributed by atoms with Crippen LogP contribution < -0.4 is 20.9 Å². The van der Waals surface area contributed by atoms with E-state index in [1.165, 1.54) is 21.6 Å². The molecular formula is C32H36N4O8S2. The van der Waals surface area contributed by atoms with Crippen molar-refractivity contribution in [1.29, 1.82) is 0 Å². The topological polar surface area (TPSA) is 158 Å². The van der Waals surface area contributed by atoms with Crippen LogP contribution in [0.5, 0.6) is 5.75 Å². The van der Waals surface area contributed by atoms with Gasteiger partial charge in [0.2, 0.25) is 11.8 Å². The van der Waals surface area contributed by atoms with E-state index in [9.17, 15) is 24.3 Å². The molecule has 0 unspecified atom stereocenters. The molecule has 0 bridgehead atoms. The van der Waals surface area contributed by atoms with Gasteiger partial charge in [0.05, 0.1) is 47.9 Å². The first-order valence-corrected chi connectivity index (χ1v) is 17.4. The van der Waals surface area contributed by atoms with Gasteiger partial charge in [0.1, 0.15) is 23.7 Å². The molecule has 2 aliphatic rings. The summed E-state index contributed by atoms with van der Waals surface area (Å²) in [6.45, 7) is 6.90. The van der Waals surface area contributed by atoms with Crippen LogP contribution in [-0.2, 0) is 42.6 Å². The summed E-state index contributed by atoms with van der Waals surface area (Å²) in [4.78, 5) is 54.3. The molecule has 3 aromatic rings. The largest absolute Gasteiger partial charge is 0.490 e. The number of ether oxygens (including phenoxy) is 3. The number of rotatable bonds is 14. The lowest BCUT2D eigenvalue weighted by Crippen LogP contribution is -2.38. The lowest BCUT2D eigenvalue weighted by Gasteiger charge is -2.35. The van der Waals surface area contributed by atoms with Crippen molar-refractivity contribution in [2.24, 2.45) is 0 Å². The van der Waals surface area contributed by atoms with Crippen LogP contribution in [0.1, 0.15) is 49.3 Å². The third-order valence-corrected chi connectivity index (χ3v) is 10.0. The first-order chi connectivity index (χ1) is 22.1. The predicted octanol–water partition coefficient (Wildman–Crippen LogP) is 3.36. The number of carbonyl (C=O) groups is 3. The van der Waals surface area contributed by atoms with Gasteiger partial charge < -0.3 is 34.5 Å². The van der Waals surface area contributed by atoms with E-state index in [0.717, 1.165) is 10.9 Å². The molecule has 0 radical (unpaired) electrons. The first-order valence-electron chi connectivity index (χ1n) is 14.9. The summed E-state index contributed by atoms with van der Waals surface area (Å²) in [5.41, 5.74) is 2.09. The summed E-state index contributed by atoms with van der Waals surface area (Å²) >= 11 is 0. The third-order valence-electron chi connectivity index (χ3n) is 7.89. The number of pyridine rings is 2. The summed E-state index contributed by atoms with van der Waals surface area (Å²) in [5.74, 6) is 0.664. The van der Waals surface area contributed by atoms with Crippen molar-refractivity contribution >= 4 is 50.3 Å². The maximum absolute atomic E-state index is 13.4. The van der Waals surface area contributed by atoms with Gasteiger partial charge in [-0.3, -0.25) is 19.2 Å². The van der Waals surface area contributed by atoms with Crippen LogP contribution in [0.15, 0.2) is 47.5 Å². The zero-order valence-electron chi connectivity index (χ0n) is 25.7. The fourth-order valence-corrected chi connectivity index (χ4v) is 7.06. The molecule has 4 heterocycles. The molecule has 1 atom stereocenters. The Kier molecular flexibility index (Phi) is 10.7. The Balaban J connectivity index is 1.12. The molecule has 1 aromatic carbocycles. The molecule has 244 valence electrons. The Labute approximate surface area is 273 Å². The van der Waals surface area contributed by atoms with Crippen molar-refractivity contribution in [2.45, 2.75) is 51.4 Å². The zero-order valence-corrected chi connectivity index (χ0v) is 27.3. The molecule has 0 spiro atoms. The molecule has 3 N–H and O–H groups in total. The fourth-order valence-electron chi connectivity index (χ4n) is 5.36. The van der Waals surface area contributed by atoms with Gasteiger partial charge >= 0.3 is 5.97 Å². The summed E-state index contributed by atoms with van der Waals surface area (Å²) in [6.07, 6.45) is 0.703. The van der Waals surface area contributed by atoms with Crippen molar-refractivity contribution < 1.29 is 33.7 Å². The van der Waals surface area contributed by atoms with Crippen molar-refractivity contribution in [1.82, 2.24) is 20.2 Å². The summed E-state index contributed by atoms with van der Waals surface area (Å²) in [6, 6.07) is 8.97. The number of aliphatic hydroxyl groups is 1. The smallest absolute Gasteiger partial charge is 0.312 e. The molecule has 0 saturated carbocycles. The molecular weight excluding hydrogens is 633 g/mol. The SMILES string of the molecule is C=C1OCc2c(cc3n(c2=O)Cc2cc4cc(OC(=O)CCSSCNC(=O)CCC(=O)NCCOC)ccc4nc2-3)[C@@]1(O)CC. The number of amides is 2. The summed E-state index contributed by atoms with van der Waals surface area (Å²) in [5, 5.41) is 17.5. The number of fused-ring (bicyclic) bond motifs is 5. The van der Waals surface area contributed by atoms with Gasteiger partial charge in [-0.05, 0) is 36.8 Å². The Morgan fingerprint density at radius 1 is 1.13 bits per heavy atom. The highest BCUT2D eigenvalue weighted by Crippen LogP contribution is 2.42. The second kappa shape index (κ2) is 14.7. The minimum Gasteiger partial charge on any atom is -0.490 e. The van der Waals surface area contributed by atoms with Crippen molar-refractivity contribution in [3.63, 3.8) is 0 Å². The Bertz CT molecular complexity index is 1740. The van der Waals surface area contributed by atoms with E-state index in [0.29, 0.717) is 71.5 Å². The lowest BCUT2D eigenvalue weighted by molar-refractivity contribution is -0.133. The first kappa shape index (κ1) is 33.5. The summed E-state index contributed by atoms with van der Waals surface area (Å²) in [7, 11) is 4.38. The predicted molar refractivity (Wildman–Crippen MR) is 176 cm³/mol. The normalized spacial score (nSPS) is 16.3. The molecule has 0 fully saturated rings. The summed E-state index contributed by atoms with van der Waals surface area (Å²) < 4.78 is 17.6. The van der Waals surface area contributed by atoms with E-state index in [2.05, 4.69) is 17.2 Å². The van der Waals surface area contributed by atoms with Gasteiger partial charge in [-0.15, -0.1) is 0 Å². The standard InChI is InChI=1S/C32H36N4O8S2/c1-4-32(41)19(2)43-17-23-24(32)15-26-30-21(16-36(26)31(23)40)13-20-14-22(5-6-25(20)35-30)44-29(39)9-12-45-46-18-34-28(38)8-7-27(37)33-10-11-42-3/h5-6,13-15,41H,2,4,7-12,16-18H2,1,3H3,(H,33,37)(H,34,38)/t32-/m1/s1. The molecule has 12 nitrogen and oxygen atoms in total. The van der Waals surface area contributed by atoms with Crippen LogP contribution >= 0.6 is 21.6 Å². The molecule has 0 saturated heterocycles. The highest BCUT2D eigenvalue weighted by Gasteiger charge is 2.41. The molecule has 46 heavy (non-hydrogen) atoms. The van der Waals surface area contributed by atoms with Crippen LogP contribution in [-0.4, -0.2) is 64.3 Å². The number of benzene rings is 1. The third kappa shape index (κ3) is 7.25. The maximum atomic E-state index is 13.4. The van der Waals surface area contributed by atoms with Crippen LogP contribution in [0.25, 0.3) is 22.3 Å². The molecule has 2 aliphatic heterocycles. The minimum atomic E-state index is -1.45. The lowest BCUT2D eigenvalue weighted by atomic mass is 9.84. The number of nitrogens with zero attached hydrogens (tertiary/aromatic N) is 2. The number of hydrogen-bond acceptors (Lipinski definition) is 11. The Morgan fingerprint density at radius 2 is 1.91 bits per heavy atom. The van der Waals surface area contributed by atoms with E-state index < -0.39 is 5.60 Å². The number of hydrogen-bond donors (Lipinski definition) is 3. The molecule has 2 aromatic heterocycles. The molecule has 2 amide bonds. The van der Waals surface area contributed by atoms with Crippen LogP contribution in [0.3, 0.4) is 0 Å². The zero-order chi connectivity index (χ0) is 32.8. The van der Waals surface area contributed by atoms with Gasteiger partial charge in [0, 0.05) is 48.8 Å². The van der Waals surface area contributed by atoms with Crippen molar-refractivity contribution in [2.75, 3.05) is 31.9 Å². The second-order valence-electron chi connectivity index (χ2n) is 10.8. The van der Waals surface area contributed by atoms with Crippen LogP contribution in [0.2, 0.25) is 0 Å². The highest BCUT2D eigenvalue weighted by molar-refractivity contribution is 8.76. The quantitative estimate of drug-likeness (QED) is 0.0595. The number of methoxy groups -OCH3 is 1. The van der Waals surface area contributed by atoms with Crippen molar-refractivity contribution in [3.05, 3.63) is 69.7 Å². The van der Waals surface area contributed by atoms with Crippen LogP contribution in [0.4, 0.5) is 0 Å². The number of aromatic nitrogens is 2. The average Bonchev–Trinajstić information content (AvgIpc) is 3.40. The van der Waals surface area contributed by atoms with Gasteiger partial charge in [0.25, 0.3) is 5.56 Å². The average molecular weight is 669 g/mol. The maximum Gasteiger partial charge on any atom is 0.312 e. The molecule has 5 rings (SSSR count).